The Hall–Kier alpha value is -5.48. The highest BCUT2D eigenvalue weighted by atomic mass is 32.1. The number of rotatable bonds is 4. The second-order valence-electron chi connectivity index (χ2n) is 12.1. The monoisotopic (exact) mass is 633 g/mol. The fraction of sp³-hybridized carbons (Fsp3) is 0. The molecule has 0 bridgehead atoms. The Bertz CT molecular complexity index is 2760. The summed E-state index contributed by atoms with van der Waals surface area (Å²) in [6, 6.07) is 59.9. The van der Waals surface area contributed by atoms with Crippen LogP contribution in [0, 0.1) is 0 Å². The number of benzene rings is 7. The highest BCUT2D eigenvalue weighted by Crippen LogP contribution is 2.45. The average molecular weight is 634 g/mol. The largest absolute Gasteiger partial charge is 0.308 e. The smallest absolute Gasteiger partial charge is 0.0727 e. The van der Waals surface area contributed by atoms with Crippen molar-refractivity contribution < 1.29 is 0 Å². The minimum Gasteiger partial charge on any atom is -0.308 e. The quantitative estimate of drug-likeness (QED) is 0.182. The summed E-state index contributed by atoms with van der Waals surface area (Å²) >= 11 is 3.79. The van der Waals surface area contributed by atoms with Crippen LogP contribution in [0.4, 0.5) is 0 Å². The first-order valence-electron chi connectivity index (χ1n) is 15.9. The first-order chi connectivity index (χ1) is 23.3. The summed E-state index contributed by atoms with van der Waals surface area (Å²) in [6.45, 7) is 0. The molecule has 0 saturated carbocycles. The molecular formula is C44H27NS2. The molecule has 0 N–H and O–H groups in total. The van der Waals surface area contributed by atoms with E-state index in [9.17, 15) is 0 Å². The highest BCUT2D eigenvalue weighted by molar-refractivity contribution is 7.27. The molecule has 10 rings (SSSR count). The van der Waals surface area contributed by atoms with Crippen LogP contribution in [0.3, 0.4) is 0 Å². The molecule has 7 aromatic carbocycles. The van der Waals surface area contributed by atoms with Gasteiger partial charge in [-0.25, -0.2) is 0 Å². The zero-order valence-electron chi connectivity index (χ0n) is 25.4. The summed E-state index contributed by atoms with van der Waals surface area (Å²) in [5, 5.41) is 5.28. The van der Waals surface area contributed by atoms with Gasteiger partial charge in [-0.2, -0.15) is 0 Å². The molecule has 0 amide bonds. The van der Waals surface area contributed by atoms with Crippen LogP contribution in [0.5, 0.6) is 0 Å². The third-order valence-electron chi connectivity index (χ3n) is 9.43. The number of para-hydroxylation sites is 2. The highest BCUT2D eigenvalue weighted by Gasteiger charge is 2.18. The van der Waals surface area contributed by atoms with E-state index in [0.29, 0.717) is 0 Å². The van der Waals surface area contributed by atoms with Crippen molar-refractivity contribution in [2.24, 2.45) is 0 Å². The maximum atomic E-state index is 2.44. The van der Waals surface area contributed by atoms with Crippen LogP contribution in [-0.4, -0.2) is 4.57 Å². The lowest BCUT2D eigenvalue weighted by Gasteiger charge is -2.09. The topological polar surface area (TPSA) is 4.93 Å². The molecule has 0 radical (unpaired) electrons. The molecule has 0 aliphatic heterocycles. The van der Waals surface area contributed by atoms with Crippen molar-refractivity contribution in [3.63, 3.8) is 0 Å². The van der Waals surface area contributed by atoms with Gasteiger partial charge in [-0.3, -0.25) is 0 Å². The fourth-order valence-corrected chi connectivity index (χ4v) is 9.74. The normalized spacial score (nSPS) is 11.8. The van der Waals surface area contributed by atoms with Crippen molar-refractivity contribution in [3.8, 4) is 39.1 Å². The van der Waals surface area contributed by atoms with Crippen molar-refractivity contribution in [2.45, 2.75) is 0 Å². The van der Waals surface area contributed by atoms with Gasteiger partial charge in [-0.05, 0) is 69.8 Å². The van der Waals surface area contributed by atoms with E-state index in [-0.39, 0.29) is 0 Å². The van der Waals surface area contributed by atoms with Crippen molar-refractivity contribution in [2.75, 3.05) is 0 Å². The van der Waals surface area contributed by atoms with E-state index < -0.39 is 0 Å². The second kappa shape index (κ2) is 10.5. The molecule has 0 fully saturated rings. The Kier molecular flexibility index (Phi) is 5.98. The molecule has 0 unspecified atom stereocenters. The van der Waals surface area contributed by atoms with Gasteiger partial charge in [0.1, 0.15) is 0 Å². The van der Waals surface area contributed by atoms with E-state index in [4.69, 9.17) is 0 Å². The number of fused-ring (bicyclic) bond motifs is 8. The van der Waals surface area contributed by atoms with Crippen molar-refractivity contribution in [3.05, 3.63) is 164 Å². The van der Waals surface area contributed by atoms with Crippen LogP contribution in [0.2, 0.25) is 0 Å². The van der Waals surface area contributed by atoms with Gasteiger partial charge >= 0.3 is 0 Å². The van der Waals surface area contributed by atoms with Crippen molar-refractivity contribution in [1.82, 2.24) is 4.57 Å². The first kappa shape index (κ1) is 26.7. The molecule has 3 aromatic heterocycles. The molecule has 3 heteroatoms. The molecule has 3 heterocycles. The molecule has 220 valence electrons. The molecule has 0 atom stereocenters. The zero-order chi connectivity index (χ0) is 30.9. The van der Waals surface area contributed by atoms with Gasteiger partial charge in [0.15, 0.2) is 0 Å². The predicted molar refractivity (Wildman–Crippen MR) is 205 cm³/mol. The van der Waals surface area contributed by atoms with E-state index in [1.165, 1.54) is 90.4 Å². The molecule has 1 nitrogen and oxygen atoms in total. The lowest BCUT2D eigenvalue weighted by atomic mass is 9.95. The van der Waals surface area contributed by atoms with E-state index in [2.05, 4.69) is 168 Å². The molecule has 0 aliphatic rings. The van der Waals surface area contributed by atoms with Gasteiger partial charge in [0, 0.05) is 41.3 Å². The number of hydrogen-bond donors (Lipinski definition) is 0. The zero-order valence-corrected chi connectivity index (χ0v) is 27.0. The lowest BCUT2D eigenvalue weighted by Crippen LogP contribution is -1.92. The SMILES string of the molecule is c1ccc(-c2cccc3c2sc2cccc(-c4ccc(-c5ccc6sc7c8ccccc8n(-c8ccccc8)c7c6c5)cc4)c23)cc1. The Morgan fingerprint density at radius 1 is 0.383 bits per heavy atom. The maximum Gasteiger partial charge on any atom is 0.0727 e. The minimum absolute atomic E-state index is 1.19. The summed E-state index contributed by atoms with van der Waals surface area (Å²) in [5.41, 5.74) is 11.3. The maximum absolute atomic E-state index is 2.44. The average Bonchev–Trinajstić information content (AvgIpc) is 3.81. The first-order valence-corrected chi connectivity index (χ1v) is 17.6. The van der Waals surface area contributed by atoms with Gasteiger partial charge in [-0.1, -0.05) is 127 Å². The third kappa shape index (κ3) is 4.14. The van der Waals surface area contributed by atoms with Crippen LogP contribution in [-0.2, 0) is 0 Å². The summed E-state index contributed by atoms with van der Waals surface area (Å²) in [5.74, 6) is 0. The standard InChI is InChI=1S/C44H27NS2/c1-3-11-29(12-4-1)34-17-9-18-36-41-33(16-10-20-40(41)47-43(34)36)30-23-21-28(22-24-30)31-25-26-39-37(27-31)42-44(46-39)35-15-7-8-19-38(35)45(42)32-13-5-2-6-14-32/h1-27H. The summed E-state index contributed by atoms with van der Waals surface area (Å²) in [6.07, 6.45) is 0. The molecule has 0 saturated heterocycles. The van der Waals surface area contributed by atoms with Crippen molar-refractivity contribution in [1.29, 1.82) is 0 Å². The van der Waals surface area contributed by atoms with E-state index in [1.54, 1.807) is 0 Å². The summed E-state index contributed by atoms with van der Waals surface area (Å²) in [7, 11) is 0. The predicted octanol–water partition coefficient (Wildman–Crippen LogP) is 13.4. The van der Waals surface area contributed by atoms with Crippen molar-refractivity contribution >= 4 is 74.1 Å². The molecule has 0 aliphatic carbocycles. The van der Waals surface area contributed by atoms with E-state index in [0.717, 1.165) is 0 Å². The van der Waals surface area contributed by atoms with Crippen LogP contribution in [0.15, 0.2) is 164 Å². The molecular weight excluding hydrogens is 607 g/mol. The Labute approximate surface area is 280 Å². The van der Waals surface area contributed by atoms with Gasteiger partial charge in [-0.15, -0.1) is 22.7 Å². The summed E-state index contributed by atoms with van der Waals surface area (Å²) < 4.78 is 7.77. The second-order valence-corrected chi connectivity index (χ2v) is 14.2. The number of aromatic nitrogens is 1. The Balaban J connectivity index is 1.10. The van der Waals surface area contributed by atoms with Crippen LogP contribution < -0.4 is 0 Å². The van der Waals surface area contributed by atoms with E-state index in [1.807, 2.05) is 22.7 Å². The fourth-order valence-electron chi connectivity index (χ4n) is 7.27. The Morgan fingerprint density at radius 2 is 1.02 bits per heavy atom. The molecule has 10 aromatic rings. The Morgan fingerprint density at radius 3 is 1.87 bits per heavy atom. The van der Waals surface area contributed by atoms with Gasteiger partial charge in [0.2, 0.25) is 0 Å². The van der Waals surface area contributed by atoms with Crippen LogP contribution in [0.1, 0.15) is 0 Å². The van der Waals surface area contributed by atoms with Gasteiger partial charge in [0.25, 0.3) is 0 Å². The lowest BCUT2D eigenvalue weighted by molar-refractivity contribution is 1.19. The third-order valence-corrected chi connectivity index (χ3v) is 11.8. The van der Waals surface area contributed by atoms with Crippen LogP contribution in [0.25, 0.3) is 90.4 Å². The van der Waals surface area contributed by atoms with Gasteiger partial charge in [0.05, 0.1) is 15.7 Å². The number of hydrogen-bond acceptors (Lipinski definition) is 2. The van der Waals surface area contributed by atoms with E-state index >= 15 is 0 Å². The van der Waals surface area contributed by atoms with Crippen LogP contribution >= 0.6 is 22.7 Å². The minimum atomic E-state index is 1.19. The van der Waals surface area contributed by atoms with Gasteiger partial charge < -0.3 is 4.57 Å². The molecule has 47 heavy (non-hydrogen) atoms. The summed E-state index contributed by atoms with van der Waals surface area (Å²) in [4.78, 5) is 0. The molecule has 0 spiro atoms. The number of thiophene rings is 2. The number of nitrogens with zero attached hydrogens (tertiary/aromatic N) is 1.